The summed E-state index contributed by atoms with van der Waals surface area (Å²) in [5.74, 6) is 0.544. The normalized spacial score (nSPS) is 22.4. The molecule has 6 nitrogen and oxygen atoms in total. The molecule has 1 aromatic heterocycles. The van der Waals surface area contributed by atoms with Crippen LogP contribution >= 0.6 is 11.3 Å². The first-order valence-electron chi connectivity index (χ1n) is 8.10. The predicted molar refractivity (Wildman–Crippen MR) is 95.3 cm³/mol. The predicted octanol–water partition coefficient (Wildman–Crippen LogP) is 2.91. The van der Waals surface area contributed by atoms with E-state index in [0.717, 1.165) is 0 Å². The first-order chi connectivity index (χ1) is 12.0. The van der Waals surface area contributed by atoms with E-state index in [1.54, 1.807) is 17.5 Å². The number of amides is 1. The fourth-order valence-corrected chi connectivity index (χ4v) is 5.95. The second-order valence-corrected chi connectivity index (χ2v) is 9.45. The Kier molecular flexibility index (Phi) is 4.15. The number of nitrogens with one attached hydrogen (secondary N) is 1. The van der Waals surface area contributed by atoms with E-state index in [1.165, 1.54) is 15.6 Å². The minimum Gasteiger partial charge on any atom is -0.592 e. The van der Waals surface area contributed by atoms with Gasteiger partial charge in [-0.25, -0.2) is 0 Å². The largest absolute Gasteiger partial charge is 0.592 e. The molecule has 1 amide bonds. The topological polar surface area (TPSA) is 81.7 Å². The summed E-state index contributed by atoms with van der Waals surface area (Å²) in [4.78, 5) is 12.3. The molecule has 0 radical (unpaired) electrons. The molecule has 1 aromatic carbocycles. The first kappa shape index (κ1) is 16.7. The minimum absolute atomic E-state index is 0.0977. The van der Waals surface area contributed by atoms with Crippen LogP contribution in [0.1, 0.15) is 19.3 Å². The molecular formula is C17H18N2O4S2. The van der Waals surface area contributed by atoms with E-state index in [2.05, 4.69) is 5.32 Å². The molecule has 1 spiro atoms. The molecule has 2 aliphatic rings. The van der Waals surface area contributed by atoms with Gasteiger partial charge in [0.1, 0.15) is 11.4 Å². The monoisotopic (exact) mass is 378 g/mol. The summed E-state index contributed by atoms with van der Waals surface area (Å²) in [6.07, 6.45) is 1.20. The molecule has 0 saturated carbocycles. The van der Waals surface area contributed by atoms with E-state index in [9.17, 15) is 13.6 Å². The molecular weight excluding hydrogens is 360 g/mol. The van der Waals surface area contributed by atoms with E-state index < -0.39 is 16.0 Å². The first-order valence-corrected chi connectivity index (χ1v) is 10.4. The molecule has 0 bridgehead atoms. The summed E-state index contributed by atoms with van der Waals surface area (Å²) in [6, 6.07) is 10.7. The number of carbonyl (C=O) groups excluding carboxylic acids is 1. The Labute approximate surface area is 151 Å². The Morgan fingerprint density at radius 3 is 2.68 bits per heavy atom. The summed E-state index contributed by atoms with van der Waals surface area (Å²) >= 11 is 1.22. The van der Waals surface area contributed by atoms with Gasteiger partial charge in [0.2, 0.25) is 10.1 Å². The maximum atomic E-state index is 12.7. The van der Waals surface area contributed by atoms with Crippen molar-refractivity contribution in [2.24, 2.45) is 0 Å². The van der Waals surface area contributed by atoms with Gasteiger partial charge in [-0.3, -0.25) is 4.79 Å². The van der Waals surface area contributed by atoms with E-state index in [1.807, 2.05) is 24.3 Å². The van der Waals surface area contributed by atoms with Crippen molar-refractivity contribution in [2.75, 3.05) is 18.4 Å². The highest BCUT2D eigenvalue weighted by Gasteiger charge is 2.45. The van der Waals surface area contributed by atoms with Crippen LogP contribution in [0.5, 0.6) is 5.75 Å². The Morgan fingerprint density at radius 2 is 1.96 bits per heavy atom. The lowest BCUT2D eigenvalue weighted by Gasteiger charge is -2.40. The number of hydrogen-bond donors (Lipinski definition) is 1. The molecule has 1 unspecified atom stereocenters. The average Bonchev–Trinajstić information content (AvgIpc) is 3.08. The van der Waals surface area contributed by atoms with Crippen molar-refractivity contribution in [1.82, 2.24) is 4.31 Å². The number of benzene rings is 1. The average molecular weight is 378 g/mol. The Balaban J connectivity index is 1.55. The van der Waals surface area contributed by atoms with Crippen LogP contribution < -0.4 is 10.1 Å². The SMILES string of the molecule is O=C1CC2(CCN([S+](=O)([O-])c3cccs3)CC2)Oc2ccccc2N1. The van der Waals surface area contributed by atoms with Crippen molar-refractivity contribution in [3.63, 3.8) is 0 Å². The molecule has 1 saturated heterocycles. The van der Waals surface area contributed by atoms with Crippen LogP contribution in [0.4, 0.5) is 5.69 Å². The molecule has 2 aliphatic heterocycles. The molecule has 1 N–H and O–H groups in total. The van der Waals surface area contributed by atoms with Gasteiger partial charge < -0.3 is 14.6 Å². The number of rotatable bonds is 2. The summed E-state index contributed by atoms with van der Waals surface area (Å²) in [5, 5.41) is 4.62. The van der Waals surface area contributed by atoms with Crippen molar-refractivity contribution < 1.29 is 18.3 Å². The van der Waals surface area contributed by atoms with Crippen LogP contribution in [0.3, 0.4) is 0 Å². The van der Waals surface area contributed by atoms with Crippen LogP contribution in [-0.4, -0.2) is 33.5 Å². The minimum atomic E-state index is -3.46. The highest BCUT2D eigenvalue weighted by atomic mass is 32.3. The van der Waals surface area contributed by atoms with Crippen LogP contribution in [0.25, 0.3) is 0 Å². The van der Waals surface area contributed by atoms with Gasteiger partial charge in [-0.15, -0.1) is 4.31 Å². The summed E-state index contributed by atoms with van der Waals surface area (Å²) in [6.45, 7) is 0.686. The number of piperidine rings is 1. The van der Waals surface area contributed by atoms with Gasteiger partial charge in [-0.2, -0.15) is 0 Å². The van der Waals surface area contributed by atoms with Crippen LogP contribution in [0, 0.1) is 0 Å². The summed E-state index contributed by atoms with van der Waals surface area (Å²) < 4.78 is 33.4. The zero-order chi connectivity index (χ0) is 17.5. The zero-order valence-corrected chi connectivity index (χ0v) is 15.1. The number of carbonyl (C=O) groups is 1. The maximum Gasteiger partial charge on any atom is 0.229 e. The molecule has 0 aliphatic carbocycles. The van der Waals surface area contributed by atoms with Gasteiger partial charge in [0.25, 0.3) is 0 Å². The maximum absolute atomic E-state index is 12.7. The Morgan fingerprint density at radius 1 is 1.20 bits per heavy atom. The molecule has 1 atom stereocenters. The van der Waals surface area contributed by atoms with Crippen molar-refractivity contribution in [3.05, 3.63) is 41.8 Å². The quantitative estimate of drug-likeness (QED) is 0.815. The fourth-order valence-electron chi connectivity index (χ4n) is 3.37. The number of thiophene rings is 1. The number of hydrogen-bond acceptors (Lipinski definition) is 5. The van der Waals surface area contributed by atoms with E-state index >= 15 is 0 Å². The Hall–Kier alpha value is -1.74. The third-order valence-electron chi connectivity index (χ3n) is 4.69. The van der Waals surface area contributed by atoms with Crippen LogP contribution in [-0.2, 0) is 19.4 Å². The van der Waals surface area contributed by atoms with E-state index in [4.69, 9.17) is 4.74 Å². The number of fused-ring (bicyclic) bond motifs is 1. The van der Waals surface area contributed by atoms with Crippen molar-refractivity contribution in [1.29, 1.82) is 0 Å². The highest BCUT2D eigenvalue weighted by molar-refractivity contribution is 7.97. The number of para-hydroxylation sites is 2. The fraction of sp³-hybridized carbons (Fsp3) is 0.353. The smallest absolute Gasteiger partial charge is 0.229 e. The standard InChI is InChI=1S/C17H18N2O4S2/c20-15-12-17(23-14-5-2-1-4-13(14)18-15)7-9-19(10-8-17)25(21,22)16-6-3-11-24-16/h1-6,11H,7-10,12H2,(H-,18,20,21,22). The summed E-state index contributed by atoms with van der Waals surface area (Å²) in [5.41, 5.74) is 0.0102. The Bertz CT molecular complexity index is 829. The molecule has 25 heavy (non-hydrogen) atoms. The van der Waals surface area contributed by atoms with Gasteiger partial charge in [-0.05, 0) is 23.6 Å². The second kappa shape index (κ2) is 6.21. The molecule has 1 fully saturated rings. The van der Waals surface area contributed by atoms with Gasteiger partial charge >= 0.3 is 0 Å². The van der Waals surface area contributed by atoms with Crippen LogP contribution in [0.15, 0.2) is 46.0 Å². The van der Waals surface area contributed by atoms with Gasteiger partial charge in [0.05, 0.1) is 12.1 Å². The van der Waals surface area contributed by atoms with Crippen molar-refractivity contribution in [3.8, 4) is 5.75 Å². The van der Waals surface area contributed by atoms with Gasteiger partial charge in [-0.1, -0.05) is 27.7 Å². The molecule has 2 aromatic rings. The van der Waals surface area contributed by atoms with E-state index in [-0.39, 0.29) is 12.3 Å². The zero-order valence-electron chi connectivity index (χ0n) is 13.5. The molecule has 132 valence electrons. The highest BCUT2D eigenvalue weighted by Crippen LogP contribution is 2.40. The molecule has 4 rings (SSSR count). The number of anilines is 1. The van der Waals surface area contributed by atoms with E-state index in [0.29, 0.717) is 41.6 Å². The van der Waals surface area contributed by atoms with Crippen molar-refractivity contribution in [2.45, 2.75) is 29.1 Å². The molecule has 3 heterocycles. The number of sulfonamides is 1. The lowest BCUT2D eigenvalue weighted by Crippen LogP contribution is -2.51. The molecule has 8 heteroatoms. The third kappa shape index (κ3) is 3.10. The lowest BCUT2D eigenvalue weighted by atomic mass is 9.88. The van der Waals surface area contributed by atoms with Gasteiger partial charge in [0, 0.05) is 32.0 Å². The third-order valence-corrected chi connectivity index (χ3v) is 7.96. The van der Waals surface area contributed by atoms with Crippen LogP contribution in [0.2, 0.25) is 0 Å². The lowest BCUT2D eigenvalue weighted by molar-refractivity contribution is -0.120. The number of ether oxygens (including phenoxy) is 1. The number of nitrogens with zero attached hydrogens (tertiary/aromatic N) is 1. The van der Waals surface area contributed by atoms with Gasteiger partial charge in [0.15, 0.2) is 10.4 Å². The second-order valence-electron chi connectivity index (χ2n) is 6.34. The van der Waals surface area contributed by atoms with Crippen molar-refractivity contribution >= 4 is 33.3 Å². The summed E-state index contributed by atoms with van der Waals surface area (Å²) in [7, 11) is -3.46.